The fourth-order valence-corrected chi connectivity index (χ4v) is 3.99. The second kappa shape index (κ2) is 7.59. The Balaban J connectivity index is 1.54. The Bertz CT molecular complexity index is 825. The maximum absolute atomic E-state index is 12.0. The molecule has 2 aromatic heterocycles. The number of benzene rings is 1. The average Bonchev–Trinajstić information content (AvgIpc) is 3.22. The number of ether oxygens (including phenoxy) is 1. The van der Waals surface area contributed by atoms with Crippen LogP contribution in [0.25, 0.3) is 9.88 Å². The fraction of sp³-hybridized carbons (Fsp3) is 0.222. The van der Waals surface area contributed by atoms with E-state index in [2.05, 4.69) is 16.4 Å². The number of aryl methyl sites for hydroxylation is 2. The molecule has 24 heavy (non-hydrogen) atoms. The van der Waals surface area contributed by atoms with Crippen molar-refractivity contribution in [3.63, 3.8) is 0 Å². The predicted octanol–water partition coefficient (Wildman–Crippen LogP) is 4.18. The van der Waals surface area contributed by atoms with E-state index < -0.39 is 0 Å². The van der Waals surface area contributed by atoms with E-state index in [9.17, 15) is 4.79 Å². The smallest absolute Gasteiger partial charge is 0.258 e. The van der Waals surface area contributed by atoms with Gasteiger partial charge in [0.15, 0.2) is 6.61 Å². The van der Waals surface area contributed by atoms with Gasteiger partial charge in [-0.3, -0.25) is 4.79 Å². The summed E-state index contributed by atoms with van der Waals surface area (Å²) in [6, 6.07) is 11.7. The van der Waals surface area contributed by atoms with Gasteiger partial charge >= 0.3 is 0 Å². The van der Waals surface area contributed by atoms with Gasteiger partial charge in [-0.05, 0) is 36.9 Å². The highest BCUT2D eigenvalue weighted by atomic mass is 32.1. The molecule has 3 aromatic rings. The van der Waals surface area contributed by atoms with Gasteiger partial charge in [-0.2, -0.15) is 0 Å². The standard InChI is InChI=1S/C18H18N2O2S2/c1-12-6-3-4-7-14(12)22-11-17(21)19-10-16-13(2)20-18(24-16)15-8-5-9-23-15/h3-9H,10-11H2,1-2H3,(H,19,21). The molecule has 2 heterocycles. The monoisotopic (exact) mass is 358 g/mol. The van der Waals surface area contributed by atoms with Gasteiger partial charge in [-0.15, -0.1) is 22.7 Å². The lowest BCUT2D eigenvalue weighted by atomic mass is 10.2. The third-order valence-electron chi connectivity index (χ3n) is 3.52. The average molecular weight is 358 g/mol. The summed E-state index contributed by atoms with van der Waals surface area (Å²) in [5.74, 6) is 0.602. The number of nitrogens with one attached hydrogen (secondary N) is 1. The van der Waals surface area contributed by atoms with Crippen LogP contribution in [0.5, 0.6) is 5.75 Å². The summed E-state index contributed by atoms with van der Waals surface area (Å²) < 4.78 is 5.56. The first kappa shape index (κ1) is 16.7. The normalized spacial score (nSPS) is 10.6. The van der Waals surface area contributed by atoms with Crippen molar-refractivity contribution in [1.29, 1.82) is 0 Å². The van der Waals surface area contributed by atoms with Crippen LogP contribution in [0, 0.1) is 13.8 Å². The van der Waals surface area contributed by atoms with Gasteiger partial charge in [0.1, 0.15) is 10.8 Å². The number of para-hydroxylation sites is 1. The molecular formula is C18H18N2O2S2. The molecular weight excluding hydrogens is 340 g/mol. The fourth-order valence-electron chi connectivity index (χ4n) is 2.19. The third-order valence-corrected chi connectivity index (χ3v) is 5.72. The molecule has 6 heteroatoms. The lowest BCUT2D eigenvalue weighted by molar-refractivity contribution is -0.123. The molecule has 0 atom stereocenters. The Morgan fingerprint density at radius 2 is 2.04 bits per heavy atom. The number of amides is 1. The van der Waals surface area contributed by atoms with Crippen LogP contribution in [0.2, 0.25) is 0 Å². The van der Waals surface area contributed by atoms with Gasteiger partial charge in [0, 0.05) is 4.88 Å². The van der Waals surface area contributed by atoms with Crippen LogP contribution in [0.4, 0.5) is 0 Å². The zero-order valence-corrected chi connectivity index (χ0v) is 15.2. The largest absolute Gasteiger partial charge is 0.484 e. The second-order valence-corrected chi connectivity index (χ2v) is 7.37. The number of rotatable bonds is 6. The molecule has 0 spiro atoms. The number of carbonyl (C=O) groups excluding carboxylic acids is 1. The molecule has 1 N–H and O–H groups in total. The first-order valence-electron chi connectivity index (χ1n) is 7.59. The number of aromatic nitrogens is 1. The molecule has 0 unspecified atom stereocenters. The summed E-state index contributed by atoms with van der Waals surface area (Å²) in [6.45, 7) is 4.42. The van der Waals surface area contributed by atoms with E-state index in [-0.39, 0.29) is 12.5 Å². The lowest BCUT2D eigenvalue weighted by Gasteiger charge is -2.09. The lowest BCUT2D eigenvalue weighted by Crippen LogP contribution is -2.28. The molecule has 0 radical (unpaired) electrons. The van der Waals surface area contributed by atoms with Gasteiger partial charge in [-0.1, -0.05) is 24.3 Å². The predicted molar refractivity (Wildman–Crippen MR) is 98.7 cm³/mol. The topological polar surface area (TPSA) is 51.2 Å². The van der Waals surface area contributed by atoms with Crippen molar-refractivity contribution < 1.29 is 9.53 Å². The van der Waals surface area contributed by atoms with Crippen LogP contribution in [0.15, 0.2) is 41.8 Å². The number of carbonyl (C=O) groups is 1. The number of hydrogen-bond acceptors (Lipinski definition) is 5. The summed E-state index contributed by atoms with van der Waals surface area (Å²) in [6.07, 6.45) is 0. The maximum atomic E-state index is 12.0. The van der Waals surface area contributed by atoms with Gasteiger partial charge < -0.3 is 10.1 Å². The number of hydrogen-bond donors (Lipinski definition) is 1. The molecule has 0 aliphatic rings. The highest BCUT2D eigenvalue weighted by Gasteiger charge is 2.11. The highest BCUT2D eigenvalue weighted by Crippen LogP contribution is 2.30. The Morgan fingerprint density at radius 1 is 1.21 bits per heavy atom. The molecule has 0 saturated heterocycles. The first-order chi connectivity index (χ1) is 11.6. The second-order valence-electron chi connectivity index (χ2n) is 5.34. The van der Waals surface area contributed by atoms with E-state index in [1.54, 1.807) is 22.7 Å². The van der Waals surface area contributed by atoms with Crippen LogP contribution < -0.4 is 10.1 Å². The minimum absolute atomic E-state index is 0.0144. The number of nitrogens with zero attached hydrogens (tertiary/aromatic N) is 1. The quantitative estimate of drug-likeness (QED) is 0.719. The molecule has 4 nitrogen and oxygen atoms in total. The van der Waals surface area contributed by atoms with Crippen molar-refractivity contribution in [1.82, 2.24) is 10.3 Å². The zero-order chi connectivity index (χ0) is 16.9. The Labute approximate surface area is 149 Å². The van der Waals surface area contributed by atoms with E-state index in [4.69, 9.17) is 4.74 Å². The molecule has 0 aliphatic heterocycles. The molecule has 0 bridgehead atoms. The van der Waals surface area contributed by atoms with Gasteiger partial charge in [0.2, 0.25) is 0 Å². The van der Waals surface area contributed by atoms with Crippen molar-refractivity contribution in [2.45, 2.75) is 20.4 Å². The maximum Gasteiger partial charge on any atom is 0.258 e. The summed E-state index contributed by atoms with van der Waals surface area (Å²) in [5.41, 5.74) is 1.98. The molecule has 0 saturated carbocycles. The SMILES string of the molecule is Cc1ccccc1OCC(=O)NCc1sc(-c2cccs2)nc1C. The van der Waals surface area contributed by atoms with E-state index in [0.717, 1.165) is 31.8 Å². The van der Waals surface area contributed by atoms with E-state index in [1.807, 2.05) is 49.6 Å². The molecule has 0 aliphatic carbocycles. The Hall–Kier alpha value is -2.18. The molecule has 3 rings (SSSR count). The van der Waals surface area contributed by atoms with E-state index in [1.165, 1.54) is 0 Å². The summed E-state index contributed by atoms with van der Waals surface area (Å²) in [4.78, 5) is 18.8. The summed E-state index contributed by atoms with van der Waals surface area (Å²) in [5, 5.41) is 5.94. The van der Waals surface area contributed by atoms with Crippen LogP contribution in [0.1, 0.15) is 16.1 Å². The minimum Gasteiger partial charge on any atom is -0.484 e. The Morgan fingerprint density at radius 3 is 2.79 bits per heavy atom. The van der Waals surface area contributed by atoms with Gasteiger partial charge in [0.05, 0.1) is 17.1 Å². The van der Waals surface area contributed by atoms with Crippen LogP contribution in [-0.2, 0) is 11.3 Å². The molecule has 1 amide bonds. The van der Waals surface area contributed by atoms with Crippen LogP contribution in [-0.4, -0.2) is 17.5 Å². The molecule has 1 aromatic carbocycles. The number of thiophene rings is 1. The minimum atomic E-state index is -0.135. The molecule has 124 valence electrons. The van der Waals surface area contributed by atoms with Crippen molar-refractivity contribution >= 4 is 28.6 Å². The summed E-state index contributed by atoms with van der Waals surface area (Å²) in [7, 11) is 0. The van der Waals surface area contributed by atoms with Gasteiger partial charge in [0.25, 0.3) is 5.91 Å². The van der Waals surface area contributed by atoms with Crippen molar-refractivity contribution in [2.24, 2.45) is 0 Å². The van der Waals surface area contributed by atoms with E-state index in [0.29, 0.717) is 6.54 Å². The van der Waals surface area contributed by atoms with Gasteiger partial charge in [-0.25, -0.2) is 4.98 Å². The third kappa shape index (κ3) is 4.01. The van der Waals surface area contributed by atoms with E-state index >= 15 is 0 Å². The summed E-state index contributed by atoms with van der Waals surface area (Å²) >= 11 is 3.29. The van der Waals surface area contributed by atoms with Crippen molar-refractivity contribution in [2.75, 3.05) is 6.61 Å². The van der Waals surface area contributed by atoms with Crippen LogP contribution in [0.3, 0.4) is 0 Å². The van der Waals surface area contributed by atoms with Crippen molar-refractivity contribution in [3.05, 3.63) is 57.9 Å². The molecule has 0 fully saturated rings. The highest BCUT2D eigenvalue weighted by molar-refractivity contribution is 7.21. The van der Waals surface area contributed by atoms with Crippen molar-refractivity contribution in [3.8, 4) is 15.6 Å². The van der Waals surface area contributed by atoms with Crippen LogP contribution >= 0.6 is 22.7 Å². The number of thiazole rings is 1. The zero-order valence-electron chi connectivity index (χ0n) is 13.5. The Kier molecular flexibility index (Phi) is 5.27. The first-order valence-corrected chi connectivity index (χ1v) is 9.28.